The fraction of sp³-hybridized carbons (Fsp3) is 0.143. The van der Waals surface area contributed by atoms with Crippen LogP contribution in [0.2, 0.25) is 0 Å². The molecule has 0 amide bonds. The molecular formula is C21H20N4O3S. The summed E-state index contributed by atoms with van der Waals surface area (Å²) in [5.41, 5.74) is 3.56. The van der Waals surface area contributed by atoms with Crippen molar-refractivity contribution in [2.45, 2.75) is 18.7 Å². The Morgan fingerprint density at radius 2 is 1.79 bits per heavy atom. The van der Waals surface area contributed by atoms with Crippen LogP contribution in [0.4, 0.5) is 5.69 Å². The minimum Gasteiger partial charge on any atom is -0.496 e. The van der Waals surface area contributed by atoms with Crippen molar-refractivity contribution >= 4 is 21.5 Å². The maximum atomic E-state index is 12.9. The van der Waals surface area contributed by atoms with Crippen molar-refractivity contribution < 1.29 is 13.2 Å². The average Bonchev–Trinajstić information content (AvgIpc) is 3.14. The topological polar surface area (TPSA) is 85.6 Å². The number of sulfonamides is 1. The van der Waals surface area contributed by atoms with Crippen molar-refractivity contribution in [1.29, 1.82) is 0 Å². The van der Waals surface area contributed by atoms with Crippen LogP contribution in [0.1, 0.15) is 11.1 Å². The predicted octanol–water partition coefficient (Wildman–Crippen LogP) is 3.82. The van der Waals surface area contributed by atoms with E-state index < -0.39 is 10.0 Å². The van der Waals surface area contributed by atoms with Crippen LogP contribution >= 0.6 is 0 Å². The highest BCUT2D eigenvalue weighted by Gasteiger charge is 2.19. The number of nitrogens with zero attached hydrogens (tertiary/aromatic N) is 3. The smallest absolute Gasteiger partial charge is 0.262 e. The lowest BCUT2D eigenvalue weighted by Crippen LogP contribution is -2.15. The third kappa shape index (κ3) is 3.54. The van der Waals surface area contributed by atoms with Crippen LogP contribution in [0.3, 0.4) is 0 Å². The van der Waals surface area contributed by atoms with E-state index in [9.17, 15) is 8.42 Å². The zero-order valence-electron chi connectivity index (χ0n) is 16.2. The number of imidazole rings is 1. The standard InChI is InChI=1S/C21H20N4O3S/c1-14-15(2)20(10-9-19(14)28-3)29(26,27)24-17-7-5-16(6-8-17)18-13-25-12-4-11-22-21(25)23-18/h4-13,24H,1-3H3. The molecule has 1 N–H and O–H groups in total. The Morgan fingerprint density at radius 3 is 2.48 bits per heavy atom. The molecule has 2 aromatic carbocycles. The number of rotatable bonds is 5. The maximum absolute atomic E-state index is 12.9. The van der Waals surface area contributed by atoms with E-state index in [2.05, 4.69) is 14.7 Å². The van der Waals surface area contributed by atoms with Crippen molar-refractivity contribution in [3.05, 3.63) is 72.2 Å². The van der Waals surface area contributed by atoms with E-state index in [0.717, 1.165) is 16.8 Å². The van der Waals surface area contributed by atoms with Crippen LogP contribution in [0.15, 0.2) is 66.0 Å². The maximum Gasteiger partial charge on any atom is 0.262 e. The lowest BCUT2D eigenvalue weighted by Gasteiger charge is -2.14. The highest BCUT2D eigenvalue weighted by Crippen LogP contribution is 2.28. The molecule has 0 unspecified atom stereocenters. The Bertz CT molecular complexity index is 1260. The number of nitrogens with one attached hydrogen (secondary N) is 1. The highest BCUT2D eigenvalue weighted by atomic mass is 32.2. The van der Waals surface area contributed by atoms with E-state index in [1.54, 1.807) is 44.5 Å². The Balaban J connectivity index is 1.60. The number of hydrogen-bond acceptors (Lipinski definition) is 5. The summed E-state index contributed by atoms with van der Waals surface area (Å²) in [6, 6.07) is 12.1. The predicted molar refractivity (Wildman–Crippen MR) is 112 cm³/mol. The van der Waals surface area contributed by atoms with Crippen LogP contribution in [-0.4, -0.2) is 29.9 Å². The zero-order valence-corrected chi connectivity index (χ0v) is 17.1. The molecule has 0 aliphatic heterocycles. The number of hydrogen-bond donors (Lipinski definition) is 1. The van der Waals surface area contributed by atoms with Crippen molar-refractivity contribution in [2.75, 3.05) is 11.8 Å². The molecule has 0 aliphatic carbocycles. The fourth-order valence-corrected chi connectivity index (χ4v) is 4.53. The van der Waals surface area contributed by atoms with Gasteiger partial charge in [0.2, 0.25) is 5.78 Å². The summed E-state index contributed by atoms with van der Waals surface area (Å²) in [5.74, 6) is 1.27. The molecule has 2 heterocycles. The summed E-state index contributed by atoms with van der Waals surface area (Å²) in [6.45, 7) is 3.61. The molecule has 0 saturated carbocycles. The molecule has 2 aromatic heterocycles. The van der Waals surface area contributed by atoms with E-state index >= 15 is 0 Å². The summed E-state index contributed by atoms with van der Waals surface area (Å²) >= 11 is 0. The summed E-state index contributed by atoms with van der Waals surface area (Å²) in [6.07, 6.45) is 5.44. The van der Waals surface area contributed by atoms with Gasteiger partial charge in [0.15, 0.2) is 0 Å². The van der Waals surface area contributed by atoms with Gasteiger partial charge in [-0.05, 0) is 55.3 Å². The second-order valence-corrected chi connectivity index (χ2v) is 8.30. The van der Waals surface area contributed by atoms with Crippen molar-refractivity contribution in [3.8, 4) is 17.0 Å². The summed E-state index contributed by atoms with van der Waals surface area (Å²) in [7, 11) is -2.16. The normalized spacial score (nSPS) is 11.6. The largest absolute Gasteiger partial charge is 0.496 e. The molecule has 0 fully saturated rings. The molecule has 0 atom stereocenters. The number of ether oxygens (including phenoxy) is 1. The van der Waals surface area contributed by atoms with Gasteiger partial charge < -0.3 is 4.74 Å². The lowest BCUT2D eigenvalue weighted by atomic mass is 10.1. The van der Waals surface area contributed by atoms with Gasteiger partial charge in [-0.25, -0.2) is 18.4 Å². The number of anilines is 1. The molecule has 0 spiro atoms. The minimum atomic E-state index is -3.72. The van der Waals surface area contributed by atoms with E-state index in [4.69, 9.17) is 4.74 Å². The molecule has 0 aliphatic rings. The molecule has 4 rings (SSSR count). The Morgan fingerprint density at radius 1 is 1.03 bits per heavy atom. The van der Waals surface area contributed by atoms with Crippen LogP contribution in [0, 0.1) is 13.8 Å². The Hall–Kier alpha value is -3.39. The Kier molecular flexibility index (Phi) is 4.71. The van der Waals surface area contributed by atoms with Crippen LogP contribution in [-0.2, 0) is 10.0 Å². The van der Waals surface area contributed by atoms with E-state index in [1.807, 2.05) is 41.9 Å². The first-order chi connectivity index (χ1) is 13.9. The van der Waals surface area contributed by atoms with E-state index in [-0.39, 0.29) is 4.90 Å². The molecule has 0 bridgehead atoms. The zero-order chi connectivity index (χ0) is 20.6. The first-order valence-corrected chi connectivity index (χ1v) is 10.4. The molecule has 8 heteroatoms. The van der Waals surface area contributed by atoms with E-state index in [0.29, 0.717) is 22.8 Å². The average molecular weight is 408 g/mol. The van der Waals surface area contributed by atoms with Crippen molar-refractivity contribution in [3.63, 3.8) is 0 Å². The van der Waals surface area contributed by atoms with Crippen LogP contribution < -0.4 is 9.46 Å². The third-order valence-corrected chi connectivity index (χ3v) is 6.39. The quantitative estimate of drug-likeness (QED) is 0.543. The first-order valence-electron chi connectivity index (χ1n) is 8.96. The second kappa shape index (κ2) is 7.21. The minimum absolute atomic E-state index is 0.228. The molecule has 4 aromatic rings. The monoisotopic (exact) mass is 408 g/mol. The van der Waals surface area contributed by atoms with Gasteiger partial charge in [0.25, 0.3) is 10.0 Å². The van der Waals surface area contributed by atoms with Gasteiger partial charge in [-0.1, -0.05) is 12.1 Å². The Labute approximate surface area is 169 Å². The highest BCUT2D eigenvalue weighted by molar-refractivity contribution is 7.92. The first kappa shape index (κ1) is 18.9. The van der Waals surface area contributed by atoms with Gasteiger partial charge in [-0.15, -0.1) is 0 Å². The number of fused-ring (bicyclic) bond motifs is 1. The van der Waals surface area contributed by atoms with Crippen molar-refractivity contribution in [2.24, 2.45) is 0 Å². The SMILES string of the molecule is COc1ccc(S(=O)(=O)Nc2ccc(-c3cn4cccnc4n3)cc2)c(C)c1C. The number of benzene rings is 2. The molecule has 0 saturated heterocycles. The number of aromatic nitrogens is 3. The van der Waals surface area contributed by atoms with Gasteiger partial charge >= 0.3 is 0 Å². The van der Waals surface area contributed by atoms with Gasteiger partial charge in [-0.2, -0.15) is 0 Å². The van der Waals surface area contributed by atoms with Gasteiger partial charge in [0, 0.05) is 29.8 Å². The second-order valence-electron chi connectivity index (χ2n) is 6.65. The van der Waals surface area contributed by atoms with Crippen molar-refractivity contribution in [1.82, 2.24) is 14.4 Å². The van der Waals surface area contributed by atoms with Gasteiger partial charge in [-0.3, -0.25) is 9.12 Å². The number of methoxy groups -OCH3 is 1. The van der Waals surface area contributed by atoms with E-state index in [1.165, 1.54) is 0 Å². The summed E-state index contributed by atoms with van der Waals surface area (Å²) in [4.78, 5) is 8.91. The third-order valence-electron chi connectivity index (χ3n) is 4.87. The fourth-order valence-electron chi connectivity index (χ4n) is 3.17. The van der Waals surface area contributed by atoms with Crippen LogP contribution in [0.25, 0.3) is 17.0 Å². The summed E-state index contributed by atoms with van der Waals surface area (Å²) < 4.78 is 35.5. The summed E-state index contributed by atoms with van der Waals surface area (Å²) in [5, 5.41) is 0. The molecular weight excluding hydrogens is 388 g/mol. The van der Waals surface area contributed by atoms with Crippen LogP contribution in [0.5, 0.6) is 5.75 Å². The molecule has 7 nitrogen and oxygen atoms in total. The van der Waals surface area contributed by atoms with Gasteiger partial charge in [0.1, 0.15) is 5.75 Å². The molecule has 148 valence electrons. The molecule has 29 heavy (non-hydrogen) atoms. The molecule has 0 radical (unpaired) electrons. The lowest BCUT2D eigenvalue weighted by molar-refractivity contribution is 0.411. The van der Waals surface area contributed by atoms with Gasteiger partial charge in [0.05, 0.1) is 17.7 Å².